The maximum Gasteiger partial charge on any atom is 0.263 e. The molecule has 0 fully saturated rings. The monoisotopic (exact) mass is 226 g/mol. The third-order valence-electron chi connectivity index (χ3n) is 1.35. The van der Waals surface area contributed by atoms with Gasteiger partial charge in [0.1, 0.15) is 12.0 Å². The lowest BCUT2D eigenvalue weighted by Crippen LogP contribution is -1.68. The summed E-state index contributed by atoms with van der Waals surface area (Å²) >= 11 is 3.19. The molecule has 2 rings (SSSR count). The minimum atomic E-state index is 0.457. The summed E-state index contributed by atoms with van der Waals surface area (Å²) in [4.78, 5) is 3.89. The topological polar surface area (TPSA) is 39.2 Å². The summed E-state index contributed by atoms with van der Waals surface area (Å²) in [5, 5.41) is 0. The first-order valence-electron chi connectivity index (χ1n) is 3.36. The van der Waals surface area contributed by atoms with Crippen molar-refractivity contribution in [1.82, 2.24) is 4.98 Å². The lowest BCUT2D eigenvalue weighted by Gasteiger charge is -1.85. The molecule has 3 nitrogen and oxygen atoms in total. The molecule has 61 valence electrons. The number of aromatic nitrogens is 1. The molecule has 0 bridgehead atoms. The fourth-order valence-electron chi connectivity index (χ4n) is 0.855. The van der Waals surface area contributed by atoms with Crippen molar-refractivity contribution in [2.45, 2.75) is 6.92 Å². The zero-order valence-electron chi connectivity index (χ0n) is 6.30. The first-order valence-corrected chi connectivity index (χ1v) is 4.16. The number of hydrogen-bond acceptors (Lipinski definition) is 3. The smallest absolute Gasteiger partial charge is 0.263 e. The van der Waals surface area contributed by atoms with Gasteiger partial charge in [-0.15, -0.1) is 0 Å². The van der Waals surface area contributed by atoms with E-state index in [0.29, 0.717) is 22.1 Å². The molecule has 0 aliphatic carbocycles. The number of aryl methyl sites for hydroxylation is 1. The van der Waals surface area contributed by atoms with Gasteiger partial charge in [0.2, 0.25) is 0 Å². The Bertz CT molecular complexity index is 353. The third-order valence-corrected chi connectivity index (χ3v) is 1.77. The molecule has 0 unspecified atom stereocenters. The van der Waals surface area contributed by atoms with E-state index < -0.39 is 0 Å². The highest BCUT2D eigenvalue weighted by Gasteiger charge is 2.08. The molecule has 12 heavy (non-hydrogen) atoms. The molecule has 0 saturated heterocycles. The molecule has 0 aliphatic rings. The van der Waals surface area contributed by atoms with E-state index in [1.165, 1.54) is 0 Å². The summed E-state index contributed by atoms with van der Waals surface area (Å²) in [5.74, 6) is 1.71. The molecular formula is C8H5BrNO2. The highest BCUT2D eigenvalue weighted by Crippen LogP contribution is 2.23. The molecule has 0 saturated carbocycles. The van der Waals surface area contributed by atoms with Gasteiger partial charge in [-0.2, -0.15) is 0 Å². The average Bonchev–Trinajstić information content (AvgIpc) is 2.58. The molecule has 2 aromatic heterocycles. The maximum atomic E-state index is 5.22. The lowest BCUT2D eigenvalue weighted by molar-refractivity contribution is 0.491. The summed E-state index contributed by atoms with van der Waals surface area (Å²) in [7, 11) is 0. The van der Waals surface area contributed by atoms with Crippen LogP contribution in [0.2, 0.25) is 0 Å². The Morgan fingerprint density at radius 1 is 1.42 bits per heavy atom. The Hall–Kier alpha value is -1.03. The van der Waals surface area contributed by atoms with Gasteiger partial charge in [0.25, 0.3) is 5.89 Å². The molecule has 2 aromatic rings. The minimum absolute atomic E-state index is 0.457. The van der Waals surface area contributed by atoms with E-state index in [9.17, 15) is 0 Å². The second kappa shape index (κ2) is 2.79. The van der Waals surface area contributed by atoms with Crippen molar-refractivity contribution in [2.75, 3.05) is 0 Å². The summed E-state index contributed by atoms with van der Waals surface area (Å²) in [6.07, 6.45) is 2.68. The van der Waals surface area contributed by atoms with Crippen LogP contribution in [0.3, 0.4) is 0 Å². The zero-order chi connectivity index (χ0) is 8.55. The predicted octanol–water partition coefficient (Wildman–Crippen LogP) is 2.81. The molecule has 0 aliphatic heterocycles. The van der Waals surface area contributed by atoms with Crippen molar-refractivity contribution in [2.24, 2.45) is 0 Å². The molecule has 0 aromatic carbocycles. The Labute approximate surface area is 77.5 Å². The molecule has 1 radical (unpaired) electrons. The Morgan fingerprint density at radius 2 is 2.25 bits per heavy atom. The first kappa shape index (κ1) is 7.61. The number of halogens is 1. The Balaban J connectivity index is 2.43. The Kier molecular flexibility index (Phi) is 1.77. The van der Waals surface area contributed by atoms with Crippen LogP contribution in [0.15, 0.2) is 25.6 Å². The number of oxazole rings is 1. The van der Waals surface area contributed by atoms with E-state index in [4.69, 9.17) is 8.83 Å². The Morgan fingerprint density at radius 3 is 2.75 bits per heavy atom. The molecule has 0 spiro atoms. The zero-order valence-corrected chi connectivity index (χ0v) is 7.88. The average molecular weight is 227 g/mol. The van der Waals surface area contributed by atoms with Gasteiger partial charge in [-0.25, -0.2) is 4.98 Å². The number of nitrogens with zero attached hydrogens (tertiary/aromatic N) is 1. The van der Waals surface area contributed by atoms with Gasteiger partial charge >= 0.3 is 0 Å². The third kappa shape index (κ3) is 1.30. The van der Waals surface area contributed by atoms with E-state index >= 15 is 0 Å². The van der Waals surface area contributed by atoms with Crippen molar-refractivity contribution in [3.63, 3.8) is 0 Å². The van der Waals surface area contributed by atoms with Gasteiger partial charge in [-0.3, -0.25) is 0 Å². The summed E-state index contributed by atoms with van der Waals surface area (Å²) in [5.41, 5.74) is 0. The van der Waals surface area contributed by atoms with E-state index in [2.05, 4.69) is 27.1 Å². The fourth-order valence-corrected chi connectivity index (χ4v) is 1.16. The van der Waals surface area contributed by atoms with Crippen LogP contribution in [0.25, 0.3) is 11.7 Å². The van der Waals surface area contributed by atoms with Crippen LogP contribution >= 0.6 is 15.9 Å². The quantitative estimate of drug-likeness (QED) is 0.751. The number of rotatable bonds is 1. The van der Waals surface area contributed by atoms with Crippen molar-refractivity contribution in [1.29, 1.82) is 0 Å². The van der Waals surface area contributed by atoms with Gasteiger partial charge in [-0.05, 0) is 35.0 Å². The second-order valence-corrected chi connectivity index (χ2v) is 3.07. The minimum Gasteiger partial charge on any atom is -0.444 e. The van der Waals surface area contributed by atoms with Crippen LogP contribution < -0.4 is 0 Å². The van der Waals surface area contributed by atoms with E-state index in [1.54, 1.807) is 19.1 Å². The van der Waals surface area contributed by atoms with Crippen molar-refractivity contribution in [3.05, 3.63) is 28.8 Å². The van der Waals surface area contributed by atoms with Crippen LogP contribution in [-0.4, -0.2) is 4.98 Å². The molecule has 0 atom stereocenters. The van der Waals surface area contributed by atoms with E-state index in [0.717, 1.165) is 0 Å². The summed E-state index contributed by atoms with van der Waals surface area (Å²) in [6.45, 7) is 1.79. The SMILES string of the molecule is Cc1[c]nc(-c2ccc(Br)o2)o1. The normalized spacial score (nSPS) is 10.5. The maximum absolute atomic E-state index is 5.22. The van der Waals surface area contributed by atoms with Gasteiger partial charge < -0.3 is 8.83 Å². The lowest BCUT2D eigenvalue weighted by atomic mass is 10.4. The second-order valence-electron chi connectivity index (χ2n) is 2.29. The molecule has 2 heterocycles. The number of furan rings is 1. The molecule has 0 amide bonds. The van der Waals surface area contributed by atoms with Crippen LogP contribution in [0.5, 0.6) is 0 Å². The van der Waals surface area contributed by atoms with Crippen LogP contribution in [0.4, 0.5) is 0 Å². The molecule has 0 N–H and O–H groups in total. The fraction of sp³-hybridized carbons (Fsp3) is 0.125. The van der Waals surface area contributed by atoms with Crippen molar-refractivity contribution < 1.29 is 8.83 Å². The molecule has 4 heteroatoms. The van der Waals surface area contributed by atoms with Crippen LogP contribution in [0, 0.1) is 13.1 Å². The summed E-state index contributed by atoms with van der Waals surface area (Å²) in [6, 6.07) is 3.57. The van der Waals surface area contributed by atoms with Crippen LogP contribution in [0.1, 0.15) is 5.76 Å². The van der Waals surface area contributed by atoms with Gasteiger partial charge in [-0.1, -0.05) is 0 Å². The number of hydrogen-bond donors (Lipinski definition) is 0. The van der Waals surface area contributed by atoms with Crippen molar-refractivity contribution >= 4 is 15.9 Å². The highest BCUT2D eigenvalue weighted by molar-refractivity contribution is 9.10. The van der Waals surface area contributed by atoms with Gasteiger partial charge in [0, 0.05) is 0 Å². The first-order chi connectivity index (χ1) is 5.75. The molecular weight excluding hydrogens is 222 g/mol. The standard InChI is InChI=1S/C8H5BrNO2/c1-5-4-10-8(11-5)6-2-3-7(9)12-6/h2-3H,1H3. The summed E-state index contributed by atoms with van der Waals surface area (Å²) < 4.78 is 11.1. The van der Waals surface area contributed by atoms with Crippen molar-refractivity contribution in [3.8, 4) is 11.7 Å². The highest BCUT2D eigenvalue weighted by atomic mass is 79.9. The predicted molar refractivity (Wildman–Crippen MR) is 45.5 cm³/mol. The van der Waals surface area contributed by atoms with Gasteiger partial charge in [0.05, 0.1) is 0 Å². The van der Waals surface area contributed by atoms with Gasteiger partial charge in [0.15, 0.2) is 10.4 Å². The van der Waals surface area contributed by atoms with E-state index in [1.807, 2.05) is 0 Å². The largest absolute Gasteiger partial charge is 0.444 e. The van der Waals surface area contributed by atoms with E-state index in [-0.39, 0.29) is 0 Å². The van der Waals surface area contributed by atoms with Crippen LogP contribution in [-0.2, 0) is 0 Å².